The molecule has 1 aromatic carbocycles. The molecule has 0 unspecified atom stereocenters. The number of aryl methyl sites for hydroxylation is 1. The highest BCUT2D eigenvalue weighted by molar-refractivity contribution is 7.09. The van der Waals surface area contributed by atoms with E-state index in [-0.39, 0.29) is 6.03 Å². The van der Waals surface area contributed by atoms with Crippen molar-refractivity contribution < 1.29 is 4.79 Å². The number of carbonyl (C=O) groups excluding carboxylic acids is 1. The molecule has 0 aliphatic rings. The van der Waals surface area contributed by atoms with Crippen molar-refractivity contribution in [1.82, 2.24) is 4.90 Å². The highest BCUT2D eigenvalue weighted by atomic mass is 32.1. The summed E-state index contributed by atoms with van der Waals surface area (Å²) in [7, 11) is 0. The molecule has 0 bridgehead atoms. The molecule has 1 N–H and O–H groups in total. The molecule has 0 saturated carbocycles. The predicted molar refractivity (Wildman–Crippen MR) is 90.0 cm³/mol. The molecule has 0 aliphatic carbocycles. The third kappa shape index (κ3) is 4.08. The van der Waals surface area contributed by atoms with Crippen LogP contribution in [-0.2, 0) is 6.54 Å². The molecule has 2 rings (SSSR count). The van der Waals surface area contributed by atoms with Gasteiger partial charge in [-0.25, -0.2) is 4.79 Å². The van der Waals surface area contributed by atoms with E-state index in [1.165, 1.54) is 10.4 Å². The standard InChI is InChI=1S/C17H22N2OS/c1-4-10-19(12-15-8-6-11-21-15)17(20)18-16-9-5-7-13(2)14(16)3/h5-9,11H,4,10,12H2,1-3H3,(H,18,20). The van der Waals surface area contributed by atoms with Crippen molar-refractivity contribution in [2.45, 2.75) is 33.7 Å². The van der Waals surface area contributed by atoms with E-state index in [4.69, 9.17) is 0 Å². The first-order valence-electron chi connectivity index (χ1n) is 7.26. The third-order valence-electron chi connectivity index (χ3n) is 3.55. The molecule has 0 radical (unpaired) electrons. The lowest BCUT2D eigenvalue weighted by molar-refractivity contribution is 0.209. The van der Waals surface area contributed by atoms with E-state index in [1.54, 1.807) is 11.3 Å². The largest absolute Gasteiger partial charge is 0.322 e. The van der Waals surface area contributed by atoms with Gasteiger partial charge in [-0.2, -0.15) is 0 Å². The Morgan fingerprint density at radius 3 is 2.71 bits per heavy atom. The normalized spacial score (nSPS) is 10.4. The second-order valence-corrected chi connectivity index (χ2v) is 6.21. The Bertz CT molecular complexity index is 593. The summed E-state index contributed by atoms with van der Waals surface area (Å²) in [5.74, 6) is 0. The molecule has 2 aromatic rings. The highest BCUT2D eigenvalue weighted by Crippen LogP contribution is 2.19. The van der Waals surface area contributed by atoms with Crippen molar-refractivity contribution in [3.05, 3.63) is 51.7 Å². The number of amides is 2. The smallest absolute Gasteiger partial charge is 0.319 e. The van der Waals surface area contributed by atoms with Crippen molar-refractivity contribution in [3.63, 3.8) is 0 Å². The molecule has 2 amide bonds. The number of rotatable bonds is 5. The minimum Gasteiger partial charge on any atom is -0.319 e. The summed E-state index contributed by atoms with van der Waals surface area (Å²) in [4.78, 5) is 15.6. The number of thiophene rings is 1. The van der Waals surface area contributed by atoms with Gasteiger partial charge in [0, 0.05) is 17.1 Å². The number of nitrogens with zero attached hydrogens (tertiary/aromatic N) is 1. The molecular formula is C17H22N2OS. The van der Waals surface area contributed by atoms with Gasteiger partial charge >= 0.3 is 6.03 Å². The fraction of sp³-hybridized carbons (Fsp3) is 0.353. The molecule has 0 spiro atoms. The van der Waals surface area contributed by atoms with E-state index >= 15 is 0 Å². The van der Waals surface area contributed by atoms with Crippen LogP contribution in [0.25, 0.3) is 0 Å². The second kappa shape index (κ2) is 7.27. The van der Waals surface area contributed by atoms with Crippen LogP contribution in [0.1, 0.15) is 29.3 Å². The Labute approximate surface area is 130 Å². The van der Waals surface area contributed by atoms with E-state index in [0.717, 1.165) is 24.2 Å². The number of nitrogens with one attached hydrogen (secondary N) is 1. The van der Waals surface area contributed by atoms with E-state index in [9.17, 15) is 4.79 Å². The number of carbonyl (C=O) groups is 1. The van der Waals surface area contributed by atoms with Crippen LogP contribution in [0.5, 0.6) is 0 Å². The molecule has 0 aliphatic heterocycles. The van der Waals surface area contributed by atoms with Crippen LogP contribution in [0.3, 0.4) is 0 Å². The zero-order valence-corrected chi connectivity index (χ0v) is 13.7. The summed E-state index contributed by atoms with van der Waals surface area (Å²) >= 11 is 1.68. The molecule has 0 saturated heterocycles. The third-order valence-corrected chi connectivity index (χ3v) is 4.41. The van der Waals surface area contributed by atoms with Crippen LogP contribution in [0.2, 0.25) is 0 Å². The topological polar surface area (TPSA) is 32.3 Å². The number of anilines is 1. The van der Waals surface area contributed by atoms with Crippen molar-refractivity contribution in [2.24, 2.45) is 0 Å². The van der Waals surface area contributed by atoms with Crippen molar-refractivity contribution in [1.29, 1.82) is 0 Å². The monoisotopic (exact) mass is 302 g/mol. The molecule has 112 valence electrons. The van der Waals surface area contributed by atoms with Gasteiger partial charge in [0.1, 0.15) is 0 Å². The minimum absolute atomic E-state index is 0.0287. The second-order valence-electron chi connectivity index (χ2n) is 5.18. The fourth-order valence-electron chi connectivity index (χ4n) is 2.19. The minimum atomic E-state index is -0.0287. The lowest BCUT2D eigenvalue weighted by Gasteiger charge is -2.22. The number of benzene rings is 1. The Balaban J connectivity index is 2.09. The van der Waals surface area contributed by atoms with E-state index < -0.39 is 0 Å². The zero-order chi connectivity index (χ0) is 15.2. The zero-order valence-electron chi connectivity index (χ0n) is 12.8. The first-order valence-corrected chi connectivity index (χ1v) is 8.14. The lowest BCUT2D eigenvalue weighted by atomic mass is 10.1. The first-order chi connectivity index (χ1) is 10.1. The predicted octanol–water partition coefficient (Wildman–Crippen LogP) is 4.81. The Morgan fingerprint density at radius 2 is 2.05 bits per heavy atom. The average Bonchev–Trinajstić information content (AvgIpc) is 2.96. The molecule has 1 heterocycles. The van der Waals surface area contributed by atoms with Crippen LogP contribution >= 0.6 is 11.3 Å². The molecule has 0 atom stereocenters. The van der Waals surface area contributed by atoms with E-state index in [0.29, 0.717) is 6.54 Å². The summed E-state index contributed by atoms with van der Waals surface area (Å²) in [6.07, 6.45) is 0.950. The number of hydrogen-bond acceptors (Lipinski definition) is 2. The van der Waals surface area contributed by atoms with Gasteiger partial charge in [0.05, 0.1) is 6.54 Å². The Hall–Kier alpha value is -1.81. The van der Waals surface area contributed by atoms with Crippen LogP contribution < -0.4 is 5.32 Å². The summed E-state index contributed by atoms with van der Waals surface area (Å²) in [5, 5.41) is 5.08. The maximum Gasteiger partial charge on any atom is 0.322 e. The van der Waals surface area contributed by atoms with Crippen molar-refractivity contribution in [3.8, 4) is 0 Å². The lowest BCUT2D eigenvalue weighted by Crippen LogP contribution is -2.35. The van der Waals surface area contributed by atoms with Gasteiger partial charge in [0.15, 0.2) is 0 Å². The SMILES string of the molecule is CCCN(Cc1cccs1)C(=O)Nc1cccc(C)c1C. The quantitative estimate of drug-likeness (QED) is 0.844. The summed E-state index contributed by atoms with van der Waals surface area (Å²) < 4.78 is 0. The number of urea groups is 1. The van der Waals surface area contributed by atoms with Gasteiger partial charge < -0.3 is 10.2 Å². The summed E-state index contributed by atoms with van der Waals surface area (Å²) in [6.45, 7) is 7.61. The Morgan fingerprint density at radius 1 is 1.24 bits per heavy atom. The Kier molecular flexibility index (Phi) is 5.39. The van der Waals surface area contributed by atoms with Crippen LogP contribution in [0.4, 0.5) is 10.5 Å². The number of hydrogen-bond donors (Lipinski definition) is 1. The van der Waals surface area contributed by atoms with Gasteiger partial charge in [-0.3, -0.25) is 0 Å². The highest BCUT2D eigenvalue weighted by Gasteiger charge is 2.14. The molecule has 0 fully saturated rings. The van der Waals surface area contributed by atoms with Gasteiger partial charge in [0.2, 0.25) is 0 Å². The molecule has 1 aromatic heterocycles. The summed E-state index contributed by atoms with van der Waals surface area (Å²) in [6, 6.07) is 10.0. The maximum atomic E-state index is 12.5. The van der Waals surface area contributed by atoms with Crippen LogP contribution in [-0.4, -0.2) is 17.5 Å². The van der Waals surface area contributed by atoms with Gasteiger partial charge in [-0.1, -0.05) is 25.1 Å². The van der Waals surface area contributed by atoms with Gasteiger partial charge in [-0.05, 0) is 48.9 Å². The maximum absolute atomic E-state index is 12.5. The van der Waals surface area contributed by atoms with Crippen molar-refractivity contribution >= 4 is 23.1 Å². The first kappa shape index (κ1) is 15.6. The van der Waals surface area contributed by atoms with E-state index in [2.05, 4.69) is 31.3 Å². The fourth-order valence-corrected chi connectivity index (χ4v) is 2.91. The average molecular weight is 302 g/mol. The molecule has 21 heavy (non-hydrogen) atoms. The molecule has 4 heteroatoms. The molecular weight excluding hydrogens is 280 g/mol. The van der Waals surface area contributed by atoms with Crippen LogP contribution in [0, 0.1) is 13.8 Å². The van der Waals surface area contributed by atoms with E-state index in [1.807, 2.05) is 35.4 Å². The van der Waals surface area contributed by atoms with Gasteiger partial charge in [0.25, 0.3) is 0 Å². The molecule has 3 nitrogen and oxygen atoms in total. The van der Waals surface area contributed by atoms with Crippen molar-refractivity contribution in [2.75, 3.05) is 11.9 Å². The summed E-state index contributed by atoms with van der Waals surface area (Å²) in [5.41, 5.74) is 3.21. The van der Waals surface area contributed by atoms with Crippen LogP contribution in [0.15, 0.2) is 35.7 Å². The van der Waals surface area contributed by atoms with Gasteiger partial charge in [-0.15, -0.1) is 11.3 Å².